The molecule has 3 aromatic carbocycles. The van der Waals surface area contributed by atoms with Crippen molar-refractivity contribution in [3.8, 4) is 11.5 Å². The Labute approximate surface area is 241 Å². The number of amides is 1. The average Bonchev–Trinajstić information content (AvgIpc) is 3.13. The smallest absolute Gasteiger partial charge is 0.331 e. The highest BCUT2D eigenvalue weighted by molar-refractivity contribution is 9.10. The number of methoxy groups -OCH3 is 1. The molecule has 4 rings (SSSR count). The molecule has 1 saturated heterocycles. The second-order valence-corrected chi connectivity index (χ2v) is 11.1. The predicted molar refractivity (Wildman–Crippen MR) is 153 cm³/mol. The maximum atomic E-state index is 13.3. The Morgan fingerprint density at radius 1 is 1.16 bits per heavy atom. The van der Waals surface area contributed by atoms with Gasteiger partial charge in [-0.25, -0.2) is 4.79 Å². The molecule has 1 fully saturated rings. The SMILES string of the molecule is COc1cc(/C=C2\SC(=S)N(C(C(=O)O)c3ccccc3)C2=O)cc(Br)c1OCc1c(Cl)cccc1Cl. The molecule has 1 heterocycles. The van der Waals surface area contributed by atoms with Crippen LogP contribution >= 0.6 is 63.1 Å². The van der Waals surface area contributed by atoms with Crippen molar-refractivity contribution in [2.24, 2.45) is 0 Å². The van der Waals surface area contributed by atoms with Gasteiger partial charge >= 0.3 is 5.97 Å². The van der Waals surface area contributed by atoms with E-state index in [0.717, 1.165) is 16.7 Å². The average molecular weight is 639 g/mol. The highest BCUT2D eigenvalue weighted by Gasteiger charge is 2.41. The van der Waals surface area contributed by atoms with Crippen molar-refractivity contribution >= 4 is 85.4 Å². The van der Waals surface area contributed by atoms with Crippen LogP contribution in [-0.2, 0) is 16.2 Å². The lowest BCUT2D eigenvalue weighted by Crippen LogP contribution is -2.37. The van der Waals surface area contributed by atoms with Gasteiger partial charge in [0.15, 0.2) is 17.5 Å². The molecule has 1 aliphatic rings. The van der Waals surface area contributed by atoms with Crippen LogP contribution in [0.15, 0.2) is 70.0 Å². The number of halogens is 3. The molecule has 1 unspecified atom stereocenters. The minimum Gasteiger partial charge on any atom is -0.493 e. The van der Waals surface area contributed by atoms with Gasteiger partial charge in [0.2, 0.25) is 0 Å². The zero-order chi connectivity index (χ0) is 26.7. The zero-order valence-electron chi connectivity index (χ0n) is 19.1. The minimum absolute atomic E-state index is 0.113. The minimum atomic E-state index is -1.23. The normalized spacial score (nSPS) is 15.2. The summed E-state index contributed by atoms with van der Waals surface area (Å²) in [4.78, 5) is 26.8. The second-order valence-electron chi connectivity index (χ2n) is 7.73. The van der Waals surface area contributed by atoms with Crippen molar-refractivity contribution in [3.63, 3.8) is 0 Å². The van der Waals surface area contributed by atoms with E-state index in [-0.39, 0.29) is 15.8 Å². The summed E-state index contributed by atoms with van der Waals surface area (Å²) in [5.41, 5.74) is 1.72. The fraction of sp³-hybridized carbons (Fsp3) is 0.115. The lowest BCUT2D eigenvalue weighted by atomic mass is 10.1. The topological polar surface area (TPSA) is 76.1 Å². The molecule has 0 aromatic heterocycles. The van der Waals surface area contributed by atoms with E-state index in [1.165, 1.54) is 7.11 Å². The van der Waals surface area contributed by atoms with Gasteiger partial charge in [-0.3, -0.25) is 9.69 Å². The number of nitrogens with zero attached hydrogens (tertiary/aromatic N) is 1. The van der Waals surface area contributed by atoms with Crippen molar-refractivity contribution < 1.29 is 24.2 Å². The third-order valence-electron chi connectivity index (χ3n) is 5.40. The monoisotopic (exact) mass is 637 g/mol. The van der Waals surface area contributed by atoms with E-state index in [0.29, 0.717) is 42.7 Å². The summed E-state index contributed by atoms with van der Waals surface area (Å²) in [6.45, 7) is 0.113. The number of carboxylic acids is 1. The van der Waals surface area contributed by atoms with Crippen molar-refractivity contribution in [2.45, 2.75) is 12.6 Å². The lowest BCUT2D eigenvalue weighted by Gasteiger charge is -2.23. The van der Waals surface area contributed by atoms with Crippen molar-refractivity contribution in [3.05, 3.63) is 96.8 Å². The summed E-state index contributed by atoms with van der Waals surface area (Å²) < 4.78 is 12.2. The van der Waals surface area contributed by atoms with Gasteiger partial charge in [0.05, 0.1) is 16.5 Å². The molecule has 1 N–H and O–H groups in total. The number of ether oxygens (including phenoxy) is 2. The van der Waals surface area contributed by atoms with Crippen LogP contribution < -0.4 is 9.47 Å². The first-order valence-electron chi connectivity index (χ1n) is 10.7. The molecule has 37 heavy (non-hydrogen) atoms. The number of rotatable bonds is 8. The highest BCUT2D eigenvalue weighted by Crippen LogP contribution is 2.42. The summed E-state index contributed by atoms with van der Waals surface area (Å²) in [7, 11) is 1.50. The molecular weight excluding hydrogens is 621 g/mol. The van der Waals surface area contributed by atoms with Gasteiger partial charge < -0.3 is 14.6 Å². The molecular formula is C26H18BrCl2NO5S2. The van der Waals surface area contributed by atoms with Crippen LogP contribution in [0.4, 0.5) is 0 Å². The van der Waals surface area contributed by atoms with Crippen molar-refractivity contribution in [2.75, 3.05) is 7.11 Å². The molecule has 0 spiro atoms. The van der Waals surface area contributed by atoms with Gasteiger partial charge in [-0.2, -0.15) is 0 Å². The van der Waals surface area contributed by atoms with Gasteiger partial charge in [0.1, 0.15) is 10.9 Å². The third-order valence-corrected chi connectivity index (χ3v) is 8.03. The van der Waals surface area contributed by atoms with E-state index in [2.05, 4.69) is 15.9 Å². The van der Waals surface area contributed by atoms with Crippen molar-refractivity contribution in [1.29, 1.82) is 0 Å². The quantitative estimate of drug-likeness (QED) is 0.204. The number of carbonyl (C=O) groups is 2. The van der Waals surface area contributed by atoms with Crippen LogP contribution in [0.1, 0.15) is 22.7 Å². The summed E-state index contributed by atoms with van der Waals surface area (Å²) in [6.07, 6.45) is 1.63. The molecule has 1 atom stereocenters. The molecule has 0 saturated carbocycles. The first-order chi connectivity index (χ1) is 17.7. The van der Waals surface area contributed by atoms with Crippen LogP contribution in [0.3, 0.4) is 0 Å². The van der Waals surface area contributed by atoms with Gasteiger partial charge in [-0.05, 0) is 57.4 Å². The van der Waals surface area contributed by atoms with Gasteiger partial charge in [-0.1, -0.05) is 83.6 Å². The van der Waals surface area contributed by atoms with Crippen molar-refractivity contribution in [1.82, 2.24) is 4.90 Å². The Morgan fingerprint density at radius 3 is 2.46 bits per heavy atom. The molecule has 0 radical (unpaired) electrons. The van der Waals surface area contributed by atoms with Gasteiger partial charge in [-0.15, -0.1) is 0 Å². The van der Waals surface area contributed by atoms with E-state index in [9.17, 15) is 14.7 Å². The molecule has 190 valence electrons. The number of hydrogen-bond donors (Lipinski definition) is 1. The standard InChI is InChI=1S/C26H18BrCl2NO5S2/c1-34-20-11-14(10-17(27)23(20)35-13-16-18(28)8-5-9-19(16)29)12-21-24(31)30(26(36)37-21)22(25(32)33)15-6-3-2-4-7-15/h2-12,22H,13H2,1H3,(H,32,33)/b21-12-. The Balaban J connectivity index is 1.61. The number of thiocarbonyl (C=S) groups is 1. The molecule has 0 aliphatic carbocycles. The number of carbonyl (C=O) groups excluding carboxylic acids is 1. The molecule has 1 aliphatic heterocycles. The van der Waals surface area contributed by atoms with E-state index in [4.69, 9.17) is 44.9 Å². The number of hydrogen-bond acceptors (Lipinski definition) is 6. The Hall–Kier alpha value is -2.56. The van der Waals surface area contributed by atoms with E-state index < -0.39 is 17.9 Å². The first-order valence-corrected chi connectivity index (χ1v) is 13.5. The molecule has 11 heteroatoms. The number of carboxylic acid groups (broad SMARTS) is 1. The van der Waals surface area contributed by atoms with Gasteiger partial charge in [0, 0.05) is 15.6 Å². The number of aliphatic carboxylic acids is 1. The highest BCUT2D eigenvalue weighted by atomic mass is 79.9. The predicted octanol–water partition coefficient (Wildman–Crippen LogP) is 7.37. The van der Waals surface area contributed by atoms with Crippen LogP contribution in [0.25, 0.3) is 6.08 Å². The number of thioether (sulfide) groups is 1. The molecule has 6 nitrogen and oxygen atoms in total. The summed E-state index contributed by atoms with van der Waals surface area (Å²) in [5.74, 6) is -0.825. The maximum Gasteiger partial charge on any atom is 0.331 e. The van der Waals surface area contributed by atoms with Gasteiger partial charge in [0.25, 0.3) is 5.91 Å². The van der Waals surface area contributed by atoms with Crippen LogP contribution in [0.5, 0.6) is 11.5 Å². The second kappa shape index (κ2) is 11.9. The Kier molecular flexibility index (Phi) is 8.82. The molecule has 1 amide bonds. The fourth-order valence-electron chi connectivity index (χ4n) is 3.67. The summed E-state index contributed by atoms with van der Waals surface area (Å²) in [6, 6.07) is 15.9. The summed E-state index contributed by atoms with van der Waals surface area (Å²) >= 11 is 22.4. The Bertz CT molecular complexity index is 1400. The van der Waals surface area contributed by atoms with E-state index in [1.807, 2.05) is 0 Å². The van der Waals surface area contributed by atoms with Crippen LogP contribution in [0, 0.1) is 0 Å². The van der Waals surface area contributed by atoms with E-state index in [1.54, 1.807) is 66.7 Å². The summed E-state index contributed by atoms with van der Waals surface area (Å²) in [5, 5.41) is 10.8. The molecule has 0 bridgehead atoms. The third kappa shape index (κ3) is 5.97. The van der Waals surface area contributed by atoms with E-state index >= 15 is 0 Å². The number of benzene rings is 3. The van der Waals surface area contributed by atoms with Crippen LogP contribution in [0.2, 0.25) is 10.0 Å². The van der Waals surface area contributed by atoms with Crippen LogP contribution in [-0.4, -0.2) is 33.3 Å². The largest absolute Gasteiger partial charge is 0.493 e. The zero-order valence-corrected chi connectivity index (χ0v) is 23.8. The maximum absolute atomic E-state index is 13.3. The lowest BCUT2D eigenvalue weighted by molar-refractivity contribution is -0.145. The Morgan fingerprint density at radius 2 is 1.84 bits per heavy atom. The first kappa shape index (κ1) is 27.5. The fourth-order valence-corrected chi connectivity index (χ4v) is 6.06. The molecule has 3 aromatic rings.